The quantitative estimate of drug-likeness (QED) is 0.660. The maximum absolute atomic E-state index is 11.7. The molecule has 1 aromatic heterocycles. The molecule has 1 aromatic rings. The van der Waals surface area contributed by atoms with Crippen molar-refractivity contribution in [1.82, 2.24) is 15.0 Å². The zero-order chi connectivity index (χ0) is 15.5. The van der Waals surface area contributed by atoms with Gasteiger partial charge in [-0.1, -0.05) is 11.8 Å². The zero-order valence-electron chi connectivity index (χ0n) is 12.6. The third kappa shape index (κ3) is 5.04. The van der Waals surface area contributed by atoms with E-state index in [9.17, 15) is 4.79 Å². The second-order valence-electron chi connectivity index (χ2n) is 5.85. The van der Waals surface area contributed by atoms with Crippen molar-refractivity contribution < 1.29 is 9.53 Å². The van der Waals surface area contributed by atoms with Gasteiger partial charge in [-0.25, -0.2) is 0 Å². The lowest BCUT2D eigenvalue weighted by Crippen LogP contribution is -2.25. The first-order valence-electron chi connectivity index (χ1n) is 6.95. The monoisotopic (exact) mass is 311 g/mol. The normalized spacial score (nSPS) is 15.3. The van der Waals surface area contributed by atoms with Crippen LogP contribution in [0.2, 0.25) is 0 Å². The van der Waals surface area contributed by atoms with E-state index in [0.717, 1.165) is 25.9 Å². The van der Waals surface area contributed by atoms with Crippen molar-refractivity contribution in [2.75, 3.05) is 29.5 Å². The number of ether oxygens (including phenoxy) is 1. The highest BCUT2D eigenvalue weighted by molar-refractivity contribution is 7.99. The van der Waals surface area contributed by atoms with Crippen molar-refractivity contribution in [1.29, 1.82) is 0 Å². The predicted molar refractivity (Wildman–Crippen MR) is 82.3 cm³/mol. The van der Waals surface area contributed by atoms with Crippen molar-refractivity contribution in [3.63, 3.8) is 0 Å². The van der Waals surface area contributed by atoms with Gasteiger partial charge in [0.2, 0.25) is 11.9 Å². The first kappa shape index (κ1) is 15.8. The van der Waals surface area contributed by atoms with Gasteiger partial charge in [-0.3, -0.25) is 4.79 Å². The molecule has 0 radical (unpaired) electrons. The Morgan fingerprint density at radius 2 is 1.95 bits per heavy atom. The Kier molecular flexibility index (Phi) is 4.87. The van der Waals surface area contributed by atoms with E-state index in [1.54, 1.807) is 0 Å². The van der Waals surface area contributed by atoms with Gasteiger partial charge >= 0.3 is 5.97 Å². The Labute approximate surface area is 128 Å². The first-order chi connectivity index (χ1) is 9.83. The highest BCUT2D eigenvalue weighted by Crippen LogP contribution is 2.21. The molecule has 1 aliphatic rings. The second kappa shape index (κ2) is 6.46. The molecule has 2 heterocycles. The molecule has 0 saturated carbocycles. The Morgan fingerprint density at radius 3 is 2.57 bits per heavy atom. The fourth-order valence-electron chi connectivity index (χ4n) is 1.98. The first-order valence-corrected chi connectivity index (χ1v) is 7.93. The van der Waals surface area contributed by atoms with Gasteiger partial charge in [-0.15, -0.1) is 0 Å². The highest BCUT2D eigenvalue weighted by atomic mass is 32.2. The summed E-state index contributed by atoms with van der Waals surface area (Å²) >= 11 is 1.21. The van der Waals surface area contributed by atoms with E-state index in [4.69, 9.17) is 10.5 Å². The molecule has 8 heteroatoms. The van der Waals surface area contributed by atoms with Crippen molar-refractivity contribution in [2.45, 2.75) is 44.4 Å². The molecule has 0 aromatic carbocycles. The van der Waals surface area contributed by atoms with Crippen molar-refractivity contribution in [3.8, 4) is 0 Å². The number of rotatable bonds is 4. The van der Waals surface area contributed by atoms with Crippen LogP contribution in [0.5, 0.6) is 0 Å². The van der Waals surface area contributed by atoms with Crippen LogP contribution in [0.3, 0.4) is 0 Å². The number of carbonyl (C=O) groups is 1. The number of nitrogens with two attached hydrogens (primary N) is 1. The van der Waals surface area contributed by atoms with Crippen LogP contribution in [-0.2, 0) is 9.53 Å². The Balaban J connectivity index is 1.98. The molecule has 0 atom stereocenters. The topological polar surface area (TPSA) is 94.2 Å². The van der Waals surface area contributed by atoms with E-state index in [1.807, 2.05) is 20.8 Å². The number of hydrogen-bond acceptors (Lipinski definition) is 8. The Morgan fingerprint density at radius 1 is 1.29 bits per heavy atom. The van der Waals surface area contributed by atoms with Crippen LogP contribution in [0.1, 0.15) is 33.6 Å². The second-order valence-corrected chi connectivity index (χ2v) is 6.79. The van der Waals surface area contributed by atoms with Crippen LogP contribution in [0, 0.1) is 0 Å². The third-order valence-corrected chi connectivity index (χ3v) is 3.57. The molecule has 2 rings (SSSR count). The Hall–Kier alpha value is -1.57. The van der Waals surface area contributed by atoms with Crippen molar-refractivity contribution >= 4 is 29.6 Å². The average molecular weight is 311 g/mol. The van der Waals surface area contributed by atoms with Crippen LogP contribution in [0.15, 0.2) is 5.16 Å². The van der Waals surface area contributed by atoms with E-state index in [-0.39, 0.29) is 17.7 Å². The average Bonchev–Trinajstić information content (AvgIpc) is 2.87. The van der Waals surface area contributed by atoms with E-state index in [2.05, 4.69) is 19.9 Å². The van der Waals surface area contributed by atoms with E-state index < -0.39 is 5.60 Å². The molecule has 2 N–H and O–H groups in total. The number of carbonyl (C=O) groups excluding carboxylic acids is 1. The maximum Gasteiger partial charge on any atom is 0.316 e. The number of hydrogen-bond donors (Lipinski definition) is 1. The van der Waals surface area contributed by atoms with Crippen LogP contribution >= 0.6 is 11.8 Å². The molecule has 0 amide bonds. The van der Waals surface area contributed by atoms with Gasteiger partial charge in [0.05, 0.1) is 5.75 Å². The lowest BCUT2D eigenvalue weighted by atomic mass is 10.2. The number of esters is 1. The summed E-state index contributed by atoms with van der Waals surface area (Å²) in [6.07, 6.45) is 2.26. The molecule has 116 valence electrons. The standard InChI is InChI=1S/C13H21N5O2S/c1-13(2,3)20-9(19)8-21-12-16-10(14)15-11(17-12)18-6-4-5-7-18/h4-8H2,1-3H3,(H2,14,15,16,17). The van der Waals surface area contributed by atoms with E-state index in [1.165, 1.54) is 11.8 Å². The van der Waals surface area contributed by atoms with Gasteiger partial charge in [0.1, 0.15) is 5.60 Å². The van der Waals surface area contributed by atoms with Crippen molar-refractivity contribution in [2.24, 2.45) is 0 Å². The lowest BCUT2D eigenvalue weighted by Gasteiger charge is -2.19. The minimum absolute atomic E-state index is 0.153. The number of thioether (sulfide) groups is 1. The third-order valence-electron chi connectivity index (χ3n) is 2.75. The highest BCUT2D eigenvalue weighted by Gasteiger charge is 2.19. The molecule has 0 unspecified atom stereocenters. The van der Waals surface area contributed by atoms with Gasteiger partial charge in [0.25, 0.3) is 0 Å². The van der Waals surface area contributed by atoms with Gasteiger partial charge in [-0.05, 0) is 33.6 Å². The lowest BCUT2D eigenvalue weighted by molar-refractivity contribution is -0.151. The molecule has 21 heavy (non-hydrogen) atoms. The summed E-state index contributed by atoms with van der Waals surface area (Å²) < 4.78 is 5.25. The minimum Gasteiger partial charge on any atom is -0.459 e. The number of nitrogens with zero attached hydrogens (tertiary/aromatic N) is 4. The molecular formula is C13H21N5O2S. The van der Waals surface area contributed by atoms with Crippen LogP contribution in [0.4, 0.5) is 11.9 Å². The predicted octanol–water partition coefficient (Wildman–Crippen LogP) is 1.49. The van der Waals surface area contributed by atoms with Crippen LogP contribution < -0.4 is 10.6 Å². The zero-order valence-corrected chi connectivity index (χ0v) is 13.4. The number of aromatic nitrogens is 3. The summed E-state index contributed by atoms with van der Waals surface area (Å²) in [5.74, 6) is 0.625. The summed E-state index contributed by atoms with van der Waals surface area (Å²) in [5, 5.41) is 0.454. The van der Waals surface area contributed by atoms with E-state index in [0.29, 0.717) is 11.1 Å². The summed E-state index contributed by atoms with van der Waals surface area (Å²) in [6.45, 7) is 7.37. The molecule has 1 fully saturated rings. The fraction of sp³-hybridized carbons (Fsp3) is 0.692. The maximum atomic E-state index is 11.7. The Bertz CT molecular complexity index is 512. The van der Waals surface area contributed by atoms with Gasteiger partial charge < -0.3 is 15.4 Å². The molecule has 1 saturated heterocycles. The summed E-state index contributed by atoms with van der Waals surface area (Å²) in [4.78, 5) is 26.4. The SMILES string of the molecule is CC(C)(C)OC(=O)CSc1nc(N)nc(N2CCCC2)n1. The molecule has 7 nitrogen and oxygen atoms in total. The summed E-state index contributed by atoms with van der Waals surface area (Å²) in [6, 6.07) is 0. The molecule has 0 aliphatic carbocycles. The van der Waals surface area contributed by atoms with Gasteiger partial charge in [0.15, 0.2) is 5.16 Å². The number of anilines is 2. The van der Waals surface area contributed by atoms with Crippen LogP contribution in [-0.4, -0.2) is 45.4 Å². The number of nitrogen functional groups attached to an aromatic ring is 1. The van der Waals surface area contributed by atoms with Crippen molar-refractivity contribution in [3.05, 3.63) is 0 Å². The molecule has 1 aliphatic heterocycles. The largest absolute Gasteiger partial charge is 0.459 e. The van der Waals surface area contributed by atoms with Crippen LogP contribution in [0.25, 0.3) is 0 Å². The smallest absolute Gasteiger partial charge is 0.316 e. The van der Waals surface area contributed by atoms with E-state index >= 15 is 0 Å². The van der Waals surface area contributed by atoms with Gasteiger partial charge in [0, 0.05) is 13.1 Å². The summed E-state index contributed by atoms with van der Waals surface area (Å²) in [7, 11) is 0. The van der Waals surface area contributed by atoms with Gasteiger partial charge in [-0.2, -0.15) is 15.0 Å². The summed E-state index contributed by atoms with van der Waals surface area (Å²) in [5.41, 5.74) is 5.23. The molecule has 0 spiro atoms. The minimum atomic E-state index is -0.490. The molecule has 0 bridgehead atoms. The fourth-order valence-corrected chi connectivity index (χ4v) is 2.59. The molecular weight excluding hydrogens is 290 g/mol.